The second-order valence-electron chi connectivity index (χ2n) is 6.51. The summed E-state index contributed by atoms with van der Waals surface area (Å²) in [6.45, 7) is 4.62. The van der Waals surface area contributed by atoms with Crippen molar-refractivity contribution in [3.8, 4) is 0 Å². The quantitative estimate of drug-likeness (QED) is 0.799. The van der Waals surface area contributed by atoms with Gasteiger partial charge in [0.2, 0.25) is 15.9 Å². The summed E-state index contributed by atoms with van der Waals surface area (Å²) >= 11 is 0. The molecular weight excluding hydrogens is 364 g/mol. The smallest absolute Gasteiger partial charge is 0.340 e. The van der Waals surface area contributed by atoms with E-state index < -0.39 is 16.0 Å². The lowest BCUT2D eigenvalue weighted by molar-refractivity contribution is -0.136. The Morgan fingerprint density at radius 2 is 1.77 bits per heavy atom. The van der Waals surface area contributed by atoms with Crippen molar-refractivity contribution >= 4 is 21.9 Å². The highest BCUT2D eigenvalue weighted by Crippen LogP contribution is 2.30. The standard InChI is InChI=1S/C16H22N2O7S/c1-10-13(16(20)21)14(11(2)25-10)26(22,23)18-6-4-17(5-7-18)15(19)12-3-8-24-9-12/h12H,3-9H2,1-2H3,(H,20,21). The van der Waals surface area contributed by atoms with Gasteiger partial charge in [0.05, 0.1) is 12.5 Å². The van der Waals surface area contributed by atoms with Crippen LogP contribution in [0.4, 0.5) is 0 Å². The molecule has 3 heterocycles. The number of carbonyl (C=O) groups is 2. The fourth-order valence-corrected chi connectivity index (χ4v) is 5.28. The topological polar surface area (TPSA) is 117 Å². The van der Waals surface area contributed by atoms with E-state index in [9.17, 15) is 23.1 Å². The number of amides is 1. The Balaban J connectivity index is 1.77. The summed E-state index contributed by atoms with van der Waals surface area (Å²) in [5.41, 5.74) is -0.330. The number of aryl methyl sites for hydroxylation is 2. The maximum Gasteiger partial charge on any atom is 0.340 e. The van der Waals surface area contributed by atoms with Crippen LogP contribution in [0.25, 0.3) is 0 Å². The Morgan fingerprint density at radius 3 is 2.31 bits per heavy atom. The van der Waals surface area contributed by atoms with Gasteiger partial charge in [-0.3, -0.25) is 4.79 Å². The lowest BCUT2D eigenvalue weighted by Crippen LogP contribution is -2.52. The van der Waals surface area contributed by atoms with E-state index in [4.69, 9.17) is 9.15 Å². The summed E-state index contributed by atoms with van der Waals surface area (Å²) < 4.78 is 37.6. The molecule has 3 rings (SSSR count). The van der Waals surface area contributed by atoms with Crippen LogP contribution < -0.4 is 0 Å². The van der Waals surface area contributed by atoms with E-state index in [-0.39, 0.29) is 60.0 Å². The summed E-state index contributed by atoms with van der Waals surface area (Å²) in [4.78, 5) is 25.2. The molecule has 2 aliphatic heterocycles. The van der Waals surface area contributed by atoms with E-state index in [1.54, 1.807) is 4.90 Å². The van der Waals surface area contributed by atoms with E-state index in [1.165, 1.54) is 18.2 Å². The van der Waals surface area contributed by atoms with Crippen LogP contribution >= 0.6 is 0 Å². The SMILES string of the molecule is Cc1oc(C)c(S(=O)(=O)N2CCN(C(=O)C3CCOC3)CC2)c1C(=O)O. The molecule has 1 amide bonds. The number of carboxylic acids is 1. The number of furan rings is 1. The number of carbonyl (C=O) groups excluding carboxylic acids is 1. The molecule has 1 aromatic heterocycles. The number of hydrogen-bond donors (Lipinski definition) is 1. The Bertz CT molecular complexity index is 816. The molecule has 9 nitrogen and oxygen atoms in total. The van der Waals surface area contributed by atoms with E-state index >= 15 is 0 Å². The summed E-state index contributed by atoms with van der Waals surface area (Å²) in [6, 6.07) is 0. The third-order valence-electron chi connectivity index (χ3n) is 4.85. The highest BCUT2D eigenvalue weighted by Gasteiger charge is 2.38. The van der Waals surface area contributed by atoms with Gasteiger partial charge >= 0.3 is 5.97 Å². The van der Waals surface area contributed by atoms with Gasteiger partial charge in [0.1, 0.15) is 22.0 Å². The molecule has 2 fully saturated rings. The predicted molar refractivity (Wildman–Crippen MR) is 89.4 cm³/mol. The minimum absolute atomic E-state index is 0.0129. The van der Waals surface area contributed by atoms with Crippen molar-refractivity contribution in [3.63, 3.8) is 0 Å². The minimum Gasteiger partial charge on any atom is -0.478 e. The largest absolute Gasteiger partial charge is 0.478 e. The Kier molecular flexibility index (Phi) is 5.09. The van der Waals surface area contributed by atoms with Crippen molar-refractivity contribution in [2.75, 3.05) is 39.4 Å². The zero-order valence-corrected chi connectivity index (χ0v) is 15.5. The molecule has 1 atom stereocenters. The lowest BCUT2D eigenvalue weighted by Gasteiger charge is -2.35. The summed E-state index contributed by atoms with van der Waals surface area (Å²) in [5, 5.41) is 9.35. The van der Waals surface area contributed by atoms with Crippen LogP contribution in [0, 0.1) is 19.8 Å². The van der Waals surface area contributed by atoms with Crippen LogP contribution in [0.2, 0.25) is 0 Å². The average molecular weight is 386 g/mol. The highest BCUT2D eigenvalue weighted by molar-refractivity contribution is 7.89. The third-order valence-corrected chi connectivity index (χ3v) is 6.90. The van der Waals surface area contributed by atoms with Crippen molar-refractivity contribution in [2.45, 2.75) is 25.2 Å². The number of piperazine rings is 1. The molecular formula is C16H22N2O7S. The molecule has 0 saturated carbocycles. The minimum atomic E-state index is -4.02. The molecule has 0 aromatic carbocycles. The molecule has 26 heavy (non-hydrogen) atoms. The maximum atomic E-state index is 13.0. The number of aromatic carboxylic acids is 1. The average Bonchev–Trinajstić information content (AvgIpc) is 3.22. The van der Waals surface area contributed by atoms with Gasteiger partial charge < -0.3 is 19.2 Å². The first-order valence-corrected chi connectivity index (χ1v) is 9.87. The van der Waals surface area contributed by atoms with Crippen LogP contribution in [0.5, 0.6) is 0 Å². The van der Waals surface area contributed by atoms with Crippen LogP contribution in [0.3, 0.4) is 0 Å². The molecule has 2 saturated heterocycles. The number of carboxylic acid groups (broad SMARTS) is 1. The van der Waals surface area contributed by atoms with Crippen molar-refractivity contribution < 1.29 is 32.3 Å². The Labute approximate surface area is 151 Å². The number of rotatable bonds is 4. The monoisotopic (exact) mass is 386 g/mol. The van der Waals surface area contributed by atoms with Gasteiger partial charge in [-0.25, -0.2) is 13.2 Å². The second-order valence-corrected chi connectivity index (χ2v) is 8.39. The van der Waals surface area contributed by atoms with Gasteiger partial charge in [-0.15, -0.1) is 0 Å². The number of hydrogen-bond acceptors (Lipinski definition) is 6. The van der Waals surface area contributed by atoms with Crippen molar-refractivity contribution in [1.82, 2.24) is 9.21 Å². The summed E-state index contributed by atoms with van der Waals surface area (Å²) in [5.74, 6) is -1.39. The normalized spacial score (nSPS) is 21.9. The first-order valence-electron chi connectivity index (χ1n) is 8.43. The van der Waals surface area contributed by atoms with Crippen LogP contribution in [0.1, 0.15) is 28.3 Å². The Morgan fingerprint density at radius 1 is 1.12 bits per heavy atom. The van der Waals surface area contributed by atoms with Crippen molar-refractivity contribution in [1.29, 1.82) is 0 Å². The maximum absolute atomic E-state index is 13.0. The van der Waals surface area contributed by atoms with Crippen molar-refractivity contribution in [3.05, 3.63) is 17.1 Å². The van der Waals surface area contributed by atoms with Crippen LogP contribution in [-0.2, 0) is 19.6 Å². The predicted octanol–water partition coefficient (Wildman–Crippen LogP) is 0.464. The first-order chi connectivity index (χ1) is 12.2. The molecule has 1 aromatic rings. The van der Waals surface area contributed by atoms with E-state index in [1.807, 2.05) is 0 Å². The molecule has 0 aliphatic carbocycles. The van der Waals surface area contributed by atoms with Crippen LogP contribution in [0.15, 0.2) is 9.31 Å². The molecule has 0 radical (unpaired) electrons. The molecule has 0 spiro atoms. The molecule has 10 heteroatoms. The van der Waals surface area contributed by atoms with E-state index in [0.717, 1.165) is 0 Å². The van der Waals surface area contributed by atoms with Gasteiger partial charge in [-0.2, -0.15) is 4.31 Å². The number of ether oxygens (including phenoxy) is 1. The van der Waals surface area contributed by atoms with Gasteiger partial charge in [-0.05, 0) is 20.3 Å². The van der Waals surface area contributed by atoms with Gasteiger partial charge in [-0.1, -0.05) is 0 Å². The van der Waals surface area contributed by atoms with E-state index in [0.29, 0.717) is 19.6 Å². The first kappa shape index (κ1) is 18.9. The van der Waals surface area contributed by atoms with Crippen molar-refractivity contribution in [2.24, 2.45) is 5.92 Å². The summed E-state index contributed by atoms with van der Waals surface area (Å²) in [7, 11) is -4.02. The highest BCUT2D eigenvalue weighted by atomic mass is 32.2. The number of nitrogens with zero attached hydrogens (tertiary/aromatic N) is 2. The molecule has 1 N–H and O–H groups in total. The lowest BCUT2D eigenvalue weighted by atomic mass is 10.1. The van der Waals surface area contributed by atoms with Gasteiger partial charge in [0.25, 0.3) is 0 Å². The molecule has 2 aliphatic rings. The zero-order valence-electron chi connectivity index (χ0n) is 14.7. The fraction of sp³-hybridized carbons (Fsp3) is 0.625. The second kappa shape index (κ2) is 7.01. The van der Waals surface area contributed by atoms with E-state index in [2.05, 4.69) is 0 Å². The van der Waals surface area contributed by atoms with Gasteiger partial charge in [0, 0.05) is 32.8 Å². The zero-order chi connectivity index (χ0) is 19.1. The third kappa shape index (κ3) is 3.24. The molecule has 144 valence electrons. The summed E-state index contributed by atoms with van der Waals surface area (Å²) in [6.07, 6.45) is 0.687. The Hall–Kier alpha value is -1.91. The fourth-order valence-electron chi connectivity index (χ4n) is 3.49. The van der Waals surface area contributed by atoms with Crippen LogP contribution in [-0.4, -0.2) is 74.0 Å². The van der Waals surface area contributed by atoms with Gasteiger partial charge in [0.15, 0.2) is 0 Å². The molecule has 1 unspecified atom stereocenters. The molecule has 0 bridgehead atoms. The number of sulfonamides is 1.